The number of ketones is 1. The number of hydrogen-bond acceptors (Lipinski definition) is 1. The molecule has 0 aromatic carbocycles. The Kier molecular flexibility index (Phi) is 0.980. The lowest BCUT2D eigenvalue weighted by atomic mass is 9.60. The van der Waals surface area contributed by atoms with Crippen LogP contribution >= 0.6 is 15.9 Å². The van der Waals surface area contributed by atoms with Gasteiger partial charge in [-0.25, -0.2) is 0 Å². The third-order valence-electron chi connectivity index (χ3n) is 5.02. The molecule has 0 aromatic rings. The molecule has 4 rings (SSSR count). The van der Waals surface area contributed by atoms with E-state index in [1.165, 1.54) is 6.42 Å². The van der Waals surface area contributed by atoms with Gasteiger partial charge in [-0.3, -0.25) is 4.79 Å². The molecule has 4 fully saturated rings. The third-order valence-corrected chi connectivity index (χ3v) is 6.21. The molecule has 0 spiro atoms. The molecule has 0 radical (unpaired) electrons. The van der Waals surface area contributed by atoms with Crippen LogP contribution in [0.2, 0.25) is 0 Å². The minimum Gasteiger partial charge on any atom is -0.297 e. The highest BCUT2D eigenvalue weighted by Gasteiger charge is 2.82. The lowest BCUT2D eigenvalue weighted by Gasteiger charge is -2.48. The molecule has 0 heterocycles. The first-order valence-corrected chi connectivity index (χ1v) is 5.48. The Balaban J connectivity index is 2.24. The normalized spacial score (nSPS) is 66.9. The van der Waals surface area contributed by atoms with Gasteiger partial charge in [-0.15, -0.1) is 0 Å². The van der Waals surface area contributed by atoms with E-state index >= 15 is 0 Å². The zero-order valence-corrected chi connectivity index (χ0v) is 9.07. The van der Waals surface area contributed by atoms with Crippen molar-refractivity contribution in [3.63, 3.8) is 0 Å². The zero-order valence-electron chi connectivity index (χ0n) is 7.48. The molecule has 0 amide bonds. The Morgan fingerprint density at radius 3 is 2.50 bits per heavy atom. The zero-order chi connectivity index (χ0) is 8.78. The van der Waals surface area contributed by atoms with E-state index in [9.17, 15) is 4.79 Å². The van der Waals surface area contributed by atoms with Crippen molar-refractivity contribution < 1.29 is 4.79 Å². The fourth-order valence-corrected chi connectivity index (χ4v) is 5.82. The van der Waals surface area contributed by atoms with E-state index in [1.54, 1.807) is 0 Å². The van der Waals surface area contributed by atoms with Gasteiger partial charge in [-0.2, -0.15) is 0 Å². The predicted octanol–water partition coefficient (Wildman–Crippen LogP) is 2.53. The molecule has 4 atom stereocenters. The molecule has 4 aliphatic rings. The Morgan fingerprint density at radius 1 is 1.50 bits per heavy atom. The first-order valence-electron chi connectivity index (χ1n) is 4.69. The predicted molar refractivity (Wildman–Crippen MR) is 50.2 cm³/mol. The summed E-state index contributed by atoms with van der Waals surface area (Å²) in [5.74, 6) is 1.14. The molecule has 0 N–H and O–H groups in total. The second-order valence-corrected chi connectivity index (χ2v) is 6.62. The van der Waals surface area contributed by atoms with Gasteiger partial charge < -0.3 is 0 Å². The van der Waals surface area contributed by atoms with Crippen molar-refractivity contribution in [3.05, 3.63) is 0 Å². The van der Waals surface area contributed by atoms with Crippen molar-refractivity contribution >= 4 is 21.7 Å². The molecule has 0 unspecified atom stereocenters. The first kappa shape index (κ1) is 7.54. The van der Waals surface area contributed by atoms with Crippen LogP contribution in [0.4, 0.5) is 0 Å². The van der Waals surface area contributed by atoms with Gasteiger partial charge in [-0.1, -0.05) is 29.8 Å². The Labute approximate surface area is 81.0 Å². The average Bonchev–Trinajstić information content (AvgIpc) is 2.30. The van der Waals surface area contributed by atoms with Gasteiger partial charge in [0.05, 0.1) is 4.32 Å². The molecule has 4 saturated carbocycles. The summed E-state index contributed by atoms with van der Waals surface area (Å²) in [6, 6.07) is 0. The summed E-state index contributed by atoms with van der Waals surface area (Å²) in [7, 11) is 0. The summed E-state index contributed by atoms with van der Waals surface area (Å²) < 4.78 is -0.0885. The summed E-state index contributed by atoms with van der Waals surface area (Å²) in [6.07, 6.45) is 3.46. The average molecular weight is 229 g/mol. The second-order valence-electron chi connectivity index (χ2n) is 5.21. The van der Waals surface area contributed by atoms with E-state index in [-0.39, 0.29) is 9.74 Å². The van der Waals surface area contributed by atoms with Gasteiger partial charge in [-0.05, 0) is 30.6 Å². The Bertz CT molecular complexity index is 300. The van der Waals surface area contributed by atoms with Gasteiger partial charge in [0, 0.05) is 5.41 Å². The summed E-state index contributed by atoms with van der Waals surface area (Å²) in [4.78, 5) is 12.0. The topological polar surface area (TPSA) is 17.1 Å². The first-order chi connectivity index (χ1) is 5.45. The van der Waals surface area contributed by atoms with E-state index in [2.05, 4.69) is 29.8 Å². The number of halogens is 1. The molecule has 1 nitrogen and oxygen atoms in total. The van der Waals surface area contributed by atoms with Crippen molar-refractivity contribution in [3.8, 4) is 0 Å². The molecule has 2 heteroatoms. The van der Waals surface area contributed by atoms with Crippen LogP contribution in [0.1, 0.15) is 33.1 Å². The number of hydrogen-bond donors (Lipinski definition) is 0. The second kappa shape index (κ2) is 1.56. The summed E-state index contributed by atoms with van der Waals surface area (Å²) in [5, 5.41) is 0. The largest absolute Gasteiger partial charge is 0.297 e. The van der Waals surface area contributed by atoms with Crippen molar-refractivity contribution in [1.82, 2.24) is 0 Å². The molecule has 0 saturated heterocycles. The highest BCUT2D eigenvalue weighted by molar-refractivity contribution is 9.10. The van der Waals surface area contributed by atoms with Crippen LogP contribution in [0.15, 0.2) is 0 Å². The molecular formula is C10H13BrO. The van der Waals surface area contributed by atoms with Crippen molar-refractivity contribution in [2.75, 3.05) is 0 Å². The van der Waals surface area contributed by atoms with Crippen molar-refractivity contribution in [2.24, 2.45) is 16.7 Å². The van der Waals surface area contributed by atoms with Crippen molar-refractivity contribution in [2.45, 2.75) is 37.4 Å². The Morgan fingerprint density at radius 2 is 2.17 bits per heavy atom. The van der Waals surface area contributed by atoms with E-state index in [0.29, 0.717) is 17.1 Å². The maximum absolute atomic E-state index is 12.0. The Hall–Kier alpha value is 0.150. The molecule has 12 heavy (non-hydrogen) atoms. The fraction of sp³-hybridized carbons (Fsp3) is 0.900. The molecule has 0 aliphatic heterocycles. The van der Waals surface area contributed by atoms with Crippen LogP contribution in [-0.4, -0.2) is 10.1 Å². The van der Waals surface area contributed by atoms with Crippen molar-refractivity contribution in [1.29, 1.82) is 0 Å². The van der Waals surface area contributed by atoms with Crippen LogP contribution in [0.25, 0.3) is 0 Å². The van der Waals surface area contributed by atoms with Gasteiger partial charge in [0.2, 0.25) is 0 Å². The van der Waals surface area contributed by atoms with E-state index in [1.807, 2.05) is 0 Å². The van der Waals surface area contributed by atoms with Crippen LogP contribution < -0.4 is 0 Å². The van der Waals surface area contributed by atoms with E-state index in [0.717, 1.165) is 12.8 Å². The lowest BCUT2D eigenvalue weighted by molar-refractivity contribution is -0.126. The lowest BCUT2D eigenvalue weighted by Crippen LogP contribution is -2.49. The summed E-state index contributed by atoms with van der Waals surface area (Å²) in [6.45, 7) is 4.47. The third kappa shape index (κ3) is 0.417. The number of carbonyl (C=O) groups excluding carboxylic acids is 1. The van der Waals surface area contributed by atoms with E-state index in [4.69, 9.17) is 0 Å². The van der Waals surface area contributed by atoms with Crippen LogP contribution in [-0.2, 0) is 4.79 Å². The molecule has 4 bridgehead atoms. The molecular weight excluding hydrogens is 216 g/mol. The van der Waals surface area contributed by atoms with Crippen LogP contribution in [0, 0.1) is 16.7 Å². The highest BCUT2D eigenvalue weighted by Crippen LogP contribution is 2.81. The van der Waals surface area contributed by atoms with Crippen LogP contribution in [0.3, 0.4) is 0 Å². The van der Waals surface area contributed by atoms with Gasteiger partial charge >= 0.3 is 0 Å². The van der Waals surface area contributed by atoms with Gasteiger partial charge in [0.1, 0.15) is 0 Å². The van der Waals surface area contributed by atoms with Crippen LogP contribution in [0.5, 0.6) is 0 Å². The summed E-state index contributed by atoms with van der Waals surface area (Å²) in [5.41, 5.74) is 0.356. The number of rotatable bonds is 0. The number of alkyl halides is 1. The van der Waals surface area contributed by atoms with Gasteiger partial charge in [0.15, 0.2) is 5.78 Å². The maximum atomic E-state index is 12.0. The number of Topliss-reactive ketones (excluding diaryl/α,β-unsaturated/α-hetero) is 1. The van der Waals surface area contributed by atoms with E-state index < -0.39 is 0 Å². The smallest absolute Gasteiger partial charge is 0.156 e. The SMILES string of the molecule is C[C@@]12CC[C@H]3[C@@](Br)(C[C@]31C)C2=O. The maximum Gasteiger partial charge on any atom is 0.156 e. The highest BCUT2D eigenvalue weighted by atomic mass is 79.9. The standard InChI is InChI=1S/C10H13BrO/c1-8-4-3-6-9(8,2)5-10(6,11)7(8)12/h6H,3-5H2,1-2H3/t6-,8+,9-,10+/m1/s1. The molecule has 66 valence electrons. The molecule has 0 aromatic heterocycles. The fourth-order valence-electron chi connectivity index (χ4n) is 4.07. The minimum atomic E-state index is -0.0885. The minimum absolute atomic E-state index is 0.0150. The van der Waals surface area contributed by atoms with Gasteiger partial charge in [0.25, 0.3) is 0 Å². The molecule has 4 aliphatic carbocycles. The summed E-state index contributed by atoms with van der Waals surface area (Å²) >= 11 is 3.65. The number of carbonyl (C=O) groups is 1. The monoisotopic (exact) mass is 228 g/mol. The quantitative estimate of drug-likeness (QED) is 0.583.